The van der Waals surface area contributed by atoms with Crippen LogP contribution < -0.4 is 0 Å². The molecule has 0 radical (unpaired) electrons. The van der Waals surface area contributed by atoms with Gasteiger partial charge in [0.05, 0.1) is 13.2 Å². The second-order valence-corrected chi connectivity index (χ2v) is 3.71. The van der Waals surface area contributed by atoms with Gasteiger partial charge < -0.3 is 14.4 Å². The summed E-state index contributed by atoms with van der Waals surface area (Å²) in [6, 6.07) is 0. The third-order valence-electron chi connectivity index (χ3n) is 1.86. The zero-order chi connectivity index (χ0) is 14.7. The SMILES string of the molecule is CCOC(=O)C(=CC=CC=CN(C)C)C(=O)OCC. The summed E-state index contributed by atoms with van der Waals surface area (Å²) in [5.74, 6) is -1.36. The van der Waals surface area contributed by atoms with Crippen LogP contribution in [0.5, 0.6) is 0 Å². The lowest BCUT2D eigenvalue weighted by atomic mass is 10.2. The first-order valence-corrected chi connectivity index (χ1v) is 6.08. The lowest BCUT2D eigenvalue weighted by Gasteiger charge is -2.05. The number of allylic oxidation sites excluding steroid dienone is 4. The summed E-state index contributed by atoms with van der Waals surface area (Å²) in [5.41, 5.74) is -0.113. The van der Waals surface area contributed by atoms with Crippen LogP contribution in [0.3, 0.4) is 0 Å². The number of carbonyl (C=O) groups excluding carboxylic acids is 2. The average Bonchev–Trinajstić information content (AvgIpc) is 2.33. The van der Waals surface area contributed by atoms with Crippen molar-refractivity contribution in [2.24, 2.45) is 0 Å². The van der Waals surface area contributed by atoms with Crippen molar-refractivity contribution in [2.45, 2.75) is 13.8 Å². The molecule has 0 aliphatic heterocycles. The predicted molar refractivity (Wildman–Crippen MR) is 73.3 cm³/mol. The Morgan fingerprint density at radius 1 is 0.947 bits per heavy atom. The molecule has 0 saturated heterocycles. The number of hydrogen-bond acceptors (Lipinski definition) is 5. The highest BCUT2D eigenvalue weighted by atomic mass is 16.6. The van der Waals surface area contributed by atoms with Crippen LogP contribution in [0.1, 0.15) is 13.8 Å². The first kappa shape index (κ1) is 17.0. The Labute approximate surface area is 114 Å². The lowest BCUT2D eigenvalue weighted by Crippen LogP contribution is -2.18. The predicted octanol–water partition coefficient (Wildman–Crippen LogP) is 1.67. The minimum atomic E-state index is -0.679. The monoisotopic (exact) mass is 267 g/mol. The summed E-state index contributed by atoms with van der Waals surface area (Å²) in [6.07, 6.45) is 8.29. The molecule has 0 heterocycles. The maximum absolute atomic E-state index is 11.6. The summed E-state index contributed by atoms with van der Waals surface area (Å²) in [5, 5.41) is 0. The minimum absolute atomic E-state index is 0.113. The smallest absolute Gasteiger partial charge is 0.345 e. The van der Waals surface area contributed by atoms with Crippen LogP contribution in [0.4, 0.5) is 0 Å². The summed E-state index contributed by atoms with van der Waals surface area (Å²) in [6.45, 7) is 3.77. The standard InChI is InChI=1S/C14H21NO4/c1-5-18-13(16)12(14(17)19-6-2)10-8-7-9-11-15(3)4/h7-11H,5-6H2,1-4H3. The second-order valence-electron chi connectivity index (χ2n) is 3.71. The quantitative estimate of drug-likeness (QED) is 0.231. The minimum Gasteiger partial charge on any atom is -0.462 e. The van der Waals surface area contributed by atoms with Gasteiger partial charge in [-0.05, 0) is 32.2 Å². The molecule has 5 heteroatoms. The van der Waals surface area contributed by atoms with Crippen LogP contribution in [-0.4, -0.2) is 44.1 Å². The fourth-order valence-electron chi connectivity index (χ4n) is 1.07. The Balaban J connectivity index is 4.82. The van der Waals surface area contributed by atoms with Gasteiger partial charge in [0.15, 0.2) is 0 Å². The van der Waals surface area contributed by atoms with Crippen molar-refractivity contribution in [2.75, 3.05) is 27.3 Å². The lowest BCUT2D eigenvalue weighted by molar-refractivity contribution is -0.146. The van der Waals surface area contributed by atoms with Crippen LogP contribution in [0.25, 0.3) is 0 Å². The van der Waals surface area contributed by atoms with Crippen molar-refractivity contribution in [1.29, 1.82) is 0 Å². The summed E-state index contributed by atoms with van der Waals surface area (Å²) in [4.78, 5) is 25.0. The first-order chi connectivity index (χ1) is 9.02. The van der Waals surface area contributed by atoms with Gasteiger partial charge >= 0.3 is 11.9 Å². The summed E-state index contributed by atoms with van der Waals surface area (Å²) < 4.78 is 9.60. The molecule has 0 aromatic heterocycles. The molecule has 0 N–H and O–H groups in total. The maximum Gasteiger partial charge on any atom is 0.345 e. The van der Waals surface area contributed by atoms with Gasteiger partial charge in [-0.15, -0.1) is 0 Å². The Hall–Kier alpha value is -2.04. The molecule has 0 aliphatic carbocycles. The van der Waals surface area contributed by atoms with Crippen molar-refractivity contribution in [3.05, 3.63) is 36.1 Å². The van der Waals surface area contributed by atoms with Crippen LogP contribution in [-0.2, 0) is 19.1 Å². The molecule has 0 unspecified atom stereocenters. The number of esters is 2. The molecular formula is C14H21NO4. The molecule has 0 fully saturated rings. The molecule has 0 aromatic carbocycles. The number of carbonyl (C=O) groups is 2. The van der Waals surface area contributed by atoms with E-state index in [1.807, 2.05) is 25.2 Å². The number of rotatable bonds is 7. The van der Waals surface area contributed by atoms with Crippen molar-refractivity contribution >= 4 is 11.9 Å². The Morgan fingerprint density at radius 2 is 1.47 bits per heavy atom. The van der Waals surface area contributed by atoms with Gasteiger partial charge in [-0.3, -0.25) is 0 Å². The van der Waals surface area contributed by atoms with E-state index in [1.54, 1.807) is 32.1 Å². The van der Waals surface area contributed by atoms with E-state index in [0.717, 1.165) is 0 Å². The maximum atomic E-state index is 11.6. The molecule has 19 heavy (non-hydrogen) atoms. The molecule has 0 saturated carbocycles. The molecule has 0 atom stereocenters. The van der Waals surface area contributed by atoms with Gasteiger partial charge in [-0.25, -0.2) is 9.59 Å². The third-order valence-corrected chi connectivity index (χ3v) is 1.86. The van der Waals surface area contributed by atoms with Crippen molar-refractivity contribution in [1.82, 2.24) is 4.90 Å². The van der Waals surface area contributed by atoms with Crippen LogP contribution in [0.15, 0.2) is 36.1 Å². The Kier molecular flexibility index (Phi) is 8.87. The van der Waals surface area contributed by atoms with E-state index in [0.29, 0.717) is 0 Å². The molecule has 0 bridgehead atoms. The van der Waals surface area contributed by atoms with Gasteiger partial charge in [0, 0.05) is 14.1 Å². The van der Waals surface area contributed by atoms with Crippen molar-refractivity contribution in [3.63, 3.8) is 0 Å². The molecule has 106 valence electrons. The second kappa shape index (κ2) is 9.94. The fourth-order valence-corrected chi connectivity index (χ4v) is 1.07. The molecule has 0 rings (SSSR count). The summed E-state index contributed by atoms with van der Waals surface area (Å²) in [7, 11) is 3.78. The Morgan fingerprint density at radius 3 is 1.89 bits per heavy atom. The van der Waals surface area contributed by atoms with E-state index in [2.05, 4.69) is 0 Å². The fraction of sp³-hybridized carbons (Fsp3) is 0.429. The first-order valence-electron chi connectivity index (χ1n) is 6.08. The largest absolute Gasteiger partial charge is 0.462 e. The van der Waals surface area contributed by atoms with E-state index in [4.69, 9.17) is 9.47 Å². The van der Waals surface area contributed by atoms with Crippen LogP contribution >= 0.6 is 0 Å². The normalized spacial score (nSPS) is 10.5. The average molecular weight is 267 g/mol. The molecule has 0 aliphatic rings. The molecule has 0 aromatic rings. The highest BCUT2D eigenvalue weighted by Crippen LogP contribution is 2.03. The molecule has 5 nitrogen and oxygen atoms in total. The van der Waals surface area contributed by atoms with Gasteiger partial charge in [0.2, 0.25) is 0 Å². The van der Waals surface area contributed by atoms with Crippen molar-refractivity contribution < 1.29 is 19.1 Å². The molecule has 0 spiro atoms. The Bertz CT molecular complexity index is 361. The summed E-state index contributed by atoms with van der Waals surface area (Å²) >= 11 is 0. The van der Waals surface area contributed by atoms with E-state index < -0.39 is 11.9 Å². The van der Waals surface area contributed by atoms with Gasteiger partial charge in [-0.1, -0.05) is 12.2 Å². The van der Waals surface area contributed by atoms with Crippen LogP contribution in [0, 0.1) is 0 Å². The zero-order valence-electron chi connectivity index (χ0n) is 11.9. The van der Waals surface area contributed by atoms with E-state index in [9.17, 15) is 9.59 Å². The van der Waals surface area contributed by atoms with Gasteiger partial charge in [-0.2, -0.15) is 0 Å². The number of hydrogen-bond donors (Lipinski definition) is 0. The van der Waals surface area contributed by atoms with E-state index in [-0.39, 0.29) is 18.8 Å². The van der Waals surface area contributed by atoms with E-state index in [1.165, 1.54) is 6.08 Å². The number of ether oxygens (including phenoxy) is 2. The topological polar surface area (TPSA) is 55.8 Å². The van der Waals surface area contributed by atoms with E-state index >= 15 is 0 Å². The molecular weight excluding hydrogens is 246 g/mol. The third kappa shape index (κ3) is 7.81. The van der Waals surface area contributed by atoms with Gasteiger partial charge in [0.25, 0.3) is 0 Å². The highest BCUT2D eigenvalue weighted by molar-refractivity contribution is 6.14. The molecule has 0 amide bonds. The van der Waals surface area contributed by atoms with Crippen LogP contribution in [0.2, 0.25) is 0 Å². The highest BCUT2D eigenvalue weighted by Gasteiger charge is 2.19. The number of nitrogens with zero attached hydrogens (tertiary/aromatic N) is 1. The van der Waals surface area contributed by atoms with Crippen molar-refractivity contribution in [3.8, 4) is 0 Å². The zero-order valence-corrected chi connectivity index (χ0v) is 11.9. The van der Waals surface area contributed by atoms with Gasteiger partial charge in [0.1, 0.15) is 5.57 Å².